The Morgan fingerprint density at radius 2 is 2.13 bits per heavy atom. The fourth-order valence-corrected chi connectivity index (χ4v) is 3.39. The maximum atomic E-state index is 11.9. The lowest BCUT2D eigenvalue weighted by Gasteiger charge is -2.36. The molecule has 1 aliphatic heterocycles. The van der Waals surface area contributed by atoms with Crippen LogP contribution in [0.5, 0.6) is 0 Å². The van der Waals surface area contributed by atoms with Crippen molar-refractivity contribution < 1.29 is 9.53 Å². The molecule has 0 radical (unpaired) electrons. The highest BCUT2D eigenvalue weighted by molar-refractivity contribution is 7.08. The normalized spacial score (nSPS) is 21.2. The average molecular weight is 331 g/mol. The predicted octanol–water partition coefficient (Wildman–Crippen LogP) is 2.69. The first-order chi connectivity index (χ1) is 11.1. The van der Waals surface area contributed by atoms with Crippen LogP contribution >= 0.6 is 11.3 Å². The molecule has 0 aromatic carbocycles. The van der Waals surface area contributed by atoms with Crippen molar-refractivity contribution in [1.29, 1.82) is 0 Å². The summed E-state index contributed by atoms with van der Waals surface area (Å²) in [5.74, 6) is 0.908. The van der Waals surface area contributed by atoms with Gasteiger partial charge in [0.2, 0.25) is 0 Å². The van der Waals surface area contributed by atoms with Crippen LogP contribution in [0, 0.1) is 0 Å². The lowest BCUT2D eigenvalue weighted by Crippen LogP contribution is -2.45. The number of hydrogen-bond acceptors (Lipinski definition) is 5. The third-order valence-electron chi connectivity index (χ3n) is 3.79. The van der Waals surface area contributed by atoms with Crippen molar-refractivity contribution in [2.75, 3.05) is 18.0 Å². The summed E-state index contributed by atoms with van der Waals surface area (Å²) in [6.45, 7) is 6.35. The zero-order valence-corrected chi connectivity index (χ0v) is 14.2. The molecule has 3 rings (SSSR count). The van der Waals surface area contributed by atoms with Gasteiger partial charge in [0.15, 0.2) is 0 Å². The first-order valence-electron chi connectivity index (χ1n) is 7.77. The van der Waals surface area contributed by atoms with Gasteiger partial charge in [0.25, 0.3) is 5.91 Å². The number of carbonyl (C=O) groups is 1. The van der Waals surface area contributed by atoms with Gasteiger partial charge in [-0.05, 0) is 36.9 Å². The Labute approximate surface area is 140 Å². The minimum atomic E-state index is -0.0499. The summed E-state index contributed by atoms with van der Waals surface area (Å²) in [5, 5.41) is 6.65. The second-order valence-corrected chi connectivity index (χ2v) is 6.66. The van der Waals surface area contributed by atoms with Crippen LogP contribution in [0.1, 0.15) is 29.8 Å². The third-order valence-corrected chi connectivity index (χ3v) is 4.47. The highest BCUT2D eigenvalue weighted by Crippen LogP contribution is 2.18. The maximum absolute atomic E-state index is 11.9. The number of amides is 1. The zero-order chi connectivity index (χ0) is 16.2. The van der Waals surface area contributed by atoms with Gasteiger partial charge in [-0.25, -0.2) is 4.98 Å². The Kier molecular flexibility index (Phi) is 4.93. The van der Waals surface area contributed by atoms with E-state index >= 15 is 0 Å². The highest BCUT2D eigenvalue weighted by Gasteiger charge is 2.22. The van der Waals surface area contributed by atoms with Crippen LogP contribution in [-0.2, 0) is 11.3 Å². The molecule has 1 amide bonds. The van der Waals surface area contributed by atoms with Gasteiger partial charge < -0.3 is 15.0 Å². The smallest absolute Gasteiger partial charge is 0.252 e. The number of thiophene rings is 1. The first-order valence-corrected chi connectivity index (χ1v) is 8.72. The highest BCUT2D eigenvalue weighted by atomic mass is 32.1. The molecule has 0 unspecified atom stereocenters. The number of aromatic nitrogens is 1. The van der Waals surface area contributed by atoms with Crippen molar-refractivity contribution in [2.45, 2.75) is 32.6 Å². The van der Waals surface area contributed by atoms with Crippen molar-refractivity contribution in [1.82, 2.24) is 10.3 Å². The number of hydrogen-bond donors (Lipinski definition) is 1. The van der Waals surface area contributed by atoms with Crippen LogP contribution in [0.3, 0.4) is 0 Å². The SMILES string of the molecule is C[C@H]1CN(c2ccc(CNC(=O)c3ccsc3)cn2)C[C@H](C)O1. The van der Waals surface area contributed by atoms with Gasteiger partial charge in [-0.1, -0.05) is 6.07 Å². The number of rotatable bonds is 4. The molecule has 1 fully saturated rings. The van der Waals surface area contributed by atoms with E-state index in [0.29, 0.717) is 12.1 Å². The van der Waals surface area contributed by atoms with E-state index in [9.17, 15) is 4.79 Å². The van der Waals surface area contributed by atoms with Crippen molar-refractivity contribution in [3.05, 3.63) is 46.3 Å². The van der Waals surface area contributed by atoms with Crippen LogP contribution in [0.2, 0.25) is 0 Å². The number of carbonyl (C=O) groups excluding carboxylic acids is 1. The van der Waals surface area contributed by atoms with Crippen LogP contribution in [0.25, 0.3) is 0 Å². The summed E-state index contributed by atoms with van der Waals surface area (Å²) in [6, 6.07) is 5.85. The number of anilines is 1. The van der Waals surface area contributed by atoms with Crippen LogP contribution in [-0.4, -0.2) is 36.2 Å². The van der Waals surface area contributed by atoms with Crippen molar-refractivity contribution in [3.63, 3.8) is 0 Å². The molecule has 3 heterocycles. The number of pyridine rings is 1. The Hall–Kier alpha value is -1.92. The molecule has 0 bridgehead atoms. The van der Waals surface area contributed by atoms with E-state index in [4.69, 9.17) is 4.74 Å². The van der Waals surface area contributed by atoms with Gasteiger partial charge in [0, 0.05) is 36.8 Å². The molecular formula is C17H21N3O2S. The van der Waals surface area contributed by atoms with Gasteiger partial charge in [-0.15, -0.1) is 0 Å². The molecule has 23 heavy (non-hydrogen) atoms. The summed E-state index contributed by atoms with van der Waals surface area (Å²) in [7, 11) is 0. The van der Waals surface area contributed by atoms with Crippen molar-refractivity contribution >= 4 is 23.1 Å². The van der Waals surface area contributed by atoms with Crippen molar-refractivity contribution in [2.24, 2.45) is 0 Å². The zero-order valence-electron chi connectivity index (χ0n) is 13.4. The molecule has 122 valence electrons. The second kappa shape index (κ2) is 7.10. The molecule has 2 aromatic rings. The van der Waals surface area contributed by atoms with Gasteiger partial charge in [0.1, 0.15) is 5.82 Å². The van der Waals surface area contributed by atoms with Gasteiger partial charge >= 0.3 is 0 Å². The summed E-state index contributed by atoms with van der Waals surface area (Å²) in [4.78, 5) is 18.7. The number of ether oxygens (including phenoxy) is 1. The number of morpholine rings is 1. The molecule has 0 saturated carbocycles. The fourth-order valence-electron chi connectivity index (χ4n) is 2.75. The minimum absolute atomic E-state index is 0.0499. The predicted molar refractivity (Wildman–Crippen MR) is 91.9 cm³/mol. The van der Waals surface area contributed by atoms with E-state index in [1.807, 2.05) is 35.2 Å². The van der Waals surface area contributed by atoms with Crippen LogP contribution in [0.15, 0.2) is 35.2 Å². The van der Waals surface area contributed by atoms with E-state index in [1.54, 1.807) is 0 Å². The van der Waals surface area contributed by atoms with E-state index in [2.05, 4.69) is 29.0 Å². The van der Waals surface area contributed by atoms with Gasteiger partial charge in [-0.2, -0.15) is 11.3 Å². The van der Waals surface area contributed by atoms with Crippen LogP contribution in [0.4, 0.5) is 5.82 Å². The molecular weight excluding hydrogens is 310 g/mol. The van der Waals surface area contributed by atoms with E-state index < -0.39 is 0 Å². The summed E-state index contributed by atoms with van der Waals surface area (Å²) < 4.78 is 5.75. The molecule has 0 spiro atoms. The minimum Gasteiger partial charge on any atom is -0.372 e. The lowest BCUT2D eigenvalue weighted by atomic mass is 10.2. The molecule has 6 heteroatoms. The maximum Gasteiger partial charge on any atom is 0.252 e. The third kappa shape index (κ3) is 4.09. The monoisotopic (exact) mass is 331 g/mol. The molecule has 1 N–H and O–H groups in total. The molecule has 1 aliphatic rings. The van der Waals surface area contributed by atoms with Crippen molar-refractivity contribution in [3.8, 4) is 0 Å². The van der Waals surface area contributed by atoms with E-state index in [1.165, 1.54) is 11.3 Å². The fraction of sp³-hybridized carbons (Fsp3) is 0.412. The topological polar surface area (TPSA) is 54.5 Å². The van der Waals surface area contributed by atoms with Gasteiger partial charge in [-0.3, -0.25) is 4.79 Å². The summed E-state index contributed by atoms with van der Waals surface area (Å²) in [5.41, 5.74) is 1.70. The first kappa shape index (κ1) is 16.0. The Morgan fingerprint density at radius 3 is 2.74 bits per heavy atom. The molecule has 0 aliphatic carbocycles. The number of nitrogens with one attached hydrogen (secondary N) is 1. The molecule has 2 aromatic heterocycles. The van der Waals surface area contributed by atoms with E-state index in [-0.39, 0.29) is 18.1 Å². The molecule has 5 nitrogen and oxygen atoms in total. The second-order valence-electron chi connectivity index (χ2n) is 5.88. The molecule has 2 atom stereocenters. The van der Waals surface area contributed by atoms with Crippen LogP contribution < -0.4 is 10.2 Å². The Bertz CT molecular complexity index is 632. The van der Waals surface area contributed by atoms with E-state index in [0.717, 1.165) is 24.5 Å². The molecule has 1 saturated heterocycles. The standard InChI is InChI=1S/C17H21N3O2S/c1-12-9-20(10-13(2)22-12)16-4-3-14(7-18-16)8-19-17(21)15-5-6-23-11-15/h3-7,11-13H,8-10H2,1-2H3,(H,19,21)/t12-,13-/m0/s1. The average Bonchev–Trinajstić information content (AvgIpc) is 3.07. The lowest BCUT2D eigenvalue weighted by molar-refractivity contribution is -0.00546. The summed E-state index contributed by atoms with van der Waals surface area (Å²) >= 11 is 1.52. The quantitative estimate of drug-likeness (QED) is 0.936. The number of nitrogens with zero attached hydrogens (tertiary/aromatic N) is 2. The summed E-state index contributed by atoms with van der Waals surface area (Å²) in [6.07, 6.45) is 2.25. The van der Waals surface area contributed by atoms with Gasteiger partial charge in [0.05, 0.1) is 12.2 Å². The Balaban J connectivity index is 1.58. The Morgan fingerprint density at radius 1 is 1.35 bits per heavy atom. The largest absolute Gasteiger partial charge is 0.372 e.